The van der Waals surface area contributed by atoms with Crippen LogP contribution >= 0.6 is 0 Å². The standard InChI is InChI=1S/C8H13F2N3/c1-5(11-2)3-7-12-4-6(13-7)8(9)10/h4-5,8,11H,3H2,1-2H3,(H,12,13). The fourth-order valence-corrected chi connectivity index (χ4v) is 0.985. The first kappa shape index (κ1) is 10.1. The number of nitrogens with one attached hydrogen (secondary N) is 2. The van der Waals surface area contributed by atoms with E-state index in [2.05, 4.69) is 15.3 Å². The molecule has 0 bridgehead atoms. The molecule has 1 rings (SSSR count). The highest BCUT2D eigenvalue weighted by atomic mass is 19.3. The average molecular weight is 189 g/mol. The van der Waals surface area contributed by atoms with Crippen LogP contribution in [0.2, 0.25) is 0 Å². The zero-order valence-corrected chi connectivity index (χ0v) is 7.64. The Morgan fingerprint density at radius 2 is 2.31 bits per heavy atom. The van der Waals surface area contributed by atoms with Crippen LogP contribution in [-0.2, 0) is 6.42 Å². The van der Waals surface area contributed by atoms with Crippen molar-refractivity contribution < 1.29 is 8.78 Å². The van der Waals surface area contributed by atoms with Gasteiger partial charge in [0.25, 0.3) is 6.43 Å². The zero-order valence-electron chi connectivity index (χ0n) is 7.64. The van der Waals surface area contributed by atoms with Crippen LogP contribution in [0.3, 0.4) is 0 Å². The van der Waals surface area contributed by atoms with Gasteiger partial charge in [0.2, 0.25) is 0 Å². The molecule has 0 fully saturated rings. The van der Waals surface area contributed by atoms with Crippen LogP contribution in [-0.4, -0.2) is 23.1 Å². The van der Waals surface area contributed by atoms with Gasteiger partial charge in [-0.2, -0.15) is 0 Å². The number of aromatic nitrogens is 2. The predicted molar refractivity (Wildman–Crippen MR) is 45.8 cm³/mol. The highest BCUT2D eigenvalue weighted by Gasteiger charge is 2.11. The van der Waals surface area contributed by atoms with Gasteiger partial charge < -0.3 is 10.3 Å². The number of imidazole rings is 1. The molecule has 5 heteroatoms. The number of hydrogen-bond donors (Lipinski definition) is 2. The number of nitrogens with zero attached hydrogens (tertiary/aromatic N) is 1. The first-order chi connectivity index (χ1) is 6.13. The van der Waals surface area contributed by atoms with Crippen LogP contribution in [0.4, 0.5) is 8.78 Å². The first-order valence-electron chi connectivity index (χ1n) is 4.12. The summed E-state index contributed by atoms with van der Waals surface area (Å²) in [6.07, 6.45) is -0.655. The normalized spacial score (nSPS) is 13.6. The molecule has 0 spiro atoms. The van der Waals surface area contributed by atoms with Crippen LogP contribution in [0.1, 0.15) is 24.9 Å². The monoisotopic (exact) mass is 189 g/mol. The maximum Gasteiger partial charge on any atom is 0.279 e. The van der Waals surface area contributed by atoms with Crippen molar-refractivity contribution in [2.24, 2.45) is 0 Å². The number of alkyl halides is 2. The third-order valence-electron chi connectivity index (χ3n) is 1.88. The molecular formula is C8H13F2N3. The molecule has 0 aliphatic heterocycles. The first-order valence-corrected chi connectivity index (χ1v) is 4.12. The predicted octanol–water partition coefficient (Wildman–Crippen LogP) is 1.50. The number of H-pyrrole nitrogens is 1. The molecule has 0 radical (unpaired) electrons. The highest BCUT2D eigenvalue weighted by Crippen LogP contribution is 2.15. The lowest BCUT2D eigenvalue weighted by Gasteiger charge is -2.06. The summed E-state index contributed by atoms with van der Waals surface area (Å²) < 4.78 is 24.2. The Morgan fingerprint density at radius 1 is 1.62 bits per heavy atom. The van der Waals surface area contributed by atoms with Crippen molar-refractivity contribution >= 4 is 0 Å². The number of hydrogen-bond acceptors (Lipinski definition) is 2. The molecule has 2 N–H and O–H groups in total. The molecule has 1 heterocycles. The second-order valence-electron chi connectivity index (χ2n) is 2.98. The molecule has 0 aromatic carbocycles. The summed E-state index contributed by atoms with van der Waals surface area (Å²) in [5.41, 5.74) is -0.113. The maximum atomic E-state index is 12.1. The third-order valence-corrected chi connectivity index (χ3v) is 1.88. The van der Waals surface area contributed by atoms with Gasteiger partial charge in [-0.05, 0) is 14.0 Å². The summed E-state index contributed by atoms with van der Waals surface area (Å²) in [4.78, 5) is 6.43. The summed E-state index contributed by atoms with van der Waals surface area (Å²) in [6.45, 7) is 1.96. The van der Waals surface area contributed by atoms with E-state index in [9.17, 15) is 8.78 Å². The average Bonchev–Trinajstić information content (AvgIpc) is 2.52. The van der Waals surface area contributed by atoms with Crippen molar-refractivity contribution in [1.82, 2.24) is 15.3 Å². The van der Waals surface area contributed by atoms with E-state index in [4.69, 9.17) is 0 Å². The van der Waals surface area contributed by atoms with Crippen LogP contribution in [0.25, 0.3) is 0 Å². The third kappa shape index (κ3) is 2.77. The SMILES string of the molecule is CNC(C)Cc1ncc(C(F)F)[nH]1. The molecule has 1 atom stereocenters. The van der Waals surface area contributed by atoms with Crippen LogP contribution in [0.15, 0.2) is 6.20 Å². The Balaban J connectivity index is 2.58. The van der Waals surface area contributed by atoms with Crippen LogP contribution < -0.4 is 5.32 Å². The Morgan fingerprint density at radius 3 is 2.77 bits per heavy atom. The number of rotatable bonds is 4. The minimum Gasteiger partial charge on any atom is -0.341 e. The summed E-state index contributed by atoms with van der Waals surface area (Å²) >= 11 is 0. The fraction of sp³-hybridized carbons (Fsp3) is 0.625. The molecule has 0 saturated carbocycles. The Hall–Kier alpha value is -0.970. The highest BCUT2D eigenvalue weighted by molar-refractivity contribution is 5.03. The quantitative estimate of drug-likeness (QED) is 0.753. The van der Waals surface area contributed by atoms with E-state index in [1.54, 1.807) is 0 Å². The lowest BCUT2D eigenvalue weighted by molar-refractivity contribution is 0.146. The van der Waals surface area contributed by atoms with E-state index in [0.717, 1.165) is 0 Å². The number of likely N-dealkylation sites (N-methyl/N-ethyl adjacent to an activating group) is 1. The van der Waals surface area contributed by atoms with Gasteiger partial charge in [-0.1, -0.05) is 0 Å². The van der Waals surface area contributed by atoms with E-state index in [1.807, 2.05) is 14.0 Å². The van der Waals surface area contributed by atoms with Crippen molar-refractivity contribution in [1.29, 1.82) is 0 Å². The van der Waals surface area contributed by atoms with Gasteiger partial charge in [0.1, 0.15) is 11.5 Å². The van der Waals surface area contributed by atoms with Crippen molar-refractivity contribution in [3.05, 3.63) is 17.7 Å². The second kappa shape index (κ2) is 4.32. The van der Waals surface area contributed by atoms with Crippen molar-refractivity contribution in [3.63, 3.8) is 0 Å². The molecule has 0 aliphatic carbocycles. The number of aromatic amines is 1. The van der Waals surface area contributed by atoms with Gasteiger partial charge in [0, 0.05) is 12.5 Å². The van der Waals surface area contributed by atoms with Crippen LogP contribution in [0, 0.1) is 0 Å². The molecule has 3 nitrogen and oxygen atoms in total. The fourth-order valence-electron chi connectivity index (χ4n) is 0.985. The largest absolute Gasteiger partial charge is 0.341 e. The van der Waals surface area contributed by atoms with Gasteiger partial charge in [0.15, 0.2) is 0 Å². The van der Waals surface area contributed by atoms with Gasteiger partial charge in [0.05, 0.1) is 6.20 Å². The molecule has 0 aliphatic rings. The van der Waals surface area contributed by atoms with E-state index in [0.29, 0.717) is 12.2 Å². The van der Waals surface area contributed by atoms with E-state index < -0.39 is 6.43 Å². The lowest BCUT2D eigenvalue weighted by atomic mass is 10.2. The van der Waals surface area contributed by atoms with Crippen molar-refractivity contribution in [2.75, 3.05) is 7.05 Å². The van der Waals surface area contributed by atoms with Gasteiger partial charge in [-0.15, -0.1) is 0 Å². The molecular weight excluding hydrogens is 176 g/mol. The molecule has 1 unspecified atom stereocenters. The maximum absolute atomic E-state index is 12.1. The van der Waals surface area contributed by atoms with Gasteiger partial charge >= 0.3 is 0 Å². The minimum absolute atomic E-state index is 0.113. The smallest absolute Gasteiger partial charge is 0.279 e. The molecule has 0 saturated heterocycles. The molecule has 13 heavy (non-hydrogen) atoms. The molecule has 74 valence electrons. The van der Waals surface area contributed by atoms with Gasteiger partial charge in [-0.25, -0.2) is 13.8 Å². The zero-order chi connectivity index (χ0) is 9.84. The Bertz CT molecular complexity index is 260. The Kier molecular flexibility index (Phi) is 3.36. The molecule has 1 aromatic heterocycles. The van der Waals surface area contributed by atoms with E-state index >= 15 is 0 Å². The van der Waals surface area contributed by atoms with E-state index in [-0.39, 0.29) is 11.7 Å². The Labute approximate surface area is 75.6 Å². The van der Waals surface area contributed by atoms with Crippen molar-refractivity contribution in [3.8, 4) is 0 Å². The van der Waals surface area contributed by atoms with Crippen LogP contribution in [0.5, 0.6) is 0 Å². The minimum atomic E-state index is -2.47. The summed E-state index contributed by atoms with van der Waals surface area (Å²) in [5, 5.41) is 3.00. The van der Waals surface area contributed by atoms with Crippen molar-refractivity contribution in [2.45, 2.75) is 25.8 Å². The molecule has 1 aromatic rings. The molecule has 0 amide bonds. The topological polar surface area (TPSA) is 40.7 Å². The summed E-state index contributed by atoms with van der Waals surface area (Å²) in [5.74, 6) is 0.595. The van der Waals surface area contributed by atoms with Gasteiger partial charge in [-0.3, -0.25) is 0 Å². The number of halogens is 2. The summed E-state index contributed by atoms with van der Waals surface area (Å²) in [7, 11) is 1.82. The van der Waals surface area contributed by atoms with E-state index in [1.165, 1.54) is 6.20 Å². The summed E-state index contributed by atoms with van der Waals surface area (Å²) in [6, 6.07) is 0.233. The lowest BCUT2D eigenvalue weighted by Crippen LogP contribution is -2.24. The second-order valence-corrected chi connectivity index (χ2v) is 2.98.